The van der Waals surface area contributed by atoms with Crippen LogP contribution in [0.1, 0.15) is 5.56 Å². The lowest BCUT2D eigenvalue weighted by atomic mass is 10.0. The van der Waals surface area contributed by atoms with Crippen LogP contribution in [-0.4, -0.2) is 20.8 Å². The normalized spacial score (nSPS) is 11.1. The number of rotatable bonds is 3. The molecule has 0 saturated heterocycles. The summed E-state index contributed by atoms with van der Waals surface area (Å²) < 4.78 is 15.2. The Morgan fingerprint density at radius 1 is 1.00 bits per heavy atom. The van der Waals surface area contributed by atoms with Gasteiger partial charge in [-0.25, -0.2) is 14.4 Å². The number of nitrogens with zero attached hydrogens (tertiary/aromatic N) is 3. The molecule has 0 aliphatic carbocycles. The Morgan fingerprint density at radius 3 is 2.48 bits per heavy atom. The standard InChI is InChI=1S/C21H16FN3OS/c1-13-12-14(22)8-9-16(13)19-17-10-11-18(26)25(15-6-4-3-5-7-15)20(17)24-21(23-19)27-2/h3-12H,1-2H3. The topological polar surface area (TPSA) is 47.8 Å². The minimum Gasteiger partial charge on any atom is -0.269 e. The second-order valence-electron chi connectivity index (χ2n) is 6.10. The number of hydrogen-bond acceptors (Lipinski definition) is 4. The van der Waals surface area contributed by atoms with Gasteiger partial charge in [-0.3, -0.25) is 9.36 Å². The Kier molecular flexibility index (Phi) is 4.49. The minimum atomic E-state index is -0.291. The highest BCUT2D eigenvalue weighted by Crippen LogP contribution is 2.30. The van der Waals surface area contributed by atoms with Crippen LogP contribution in [0.15, 0.2) is 70.6 Å². The fraction of sp³-hybridized carbons (Fsp3) is 0.0952. The summed E-state index contributed by atoms with van der Waals surface area (Å²) >= 11 is 1.40. The third-order valence-electron chi connectivity index (χ3n) is 4.37. The van der Waals surface area contributed by atoms with Crippen LogP contribution >= 0.6 is 11.8 Å². The number of aryl methyl sites for hydroxylation is 1. The molecule has 0 saturated carbocycles. The molecule has 6 heteroatoms. The van der Waals surface area contributed by atoms with E-state index < -0.39 is 0 Å². The van der Waals surface area contributed by atoms with E-state index in [0.717, 1.165) is 22.2 Å². The lowest BCUT2D eigenvalue weighted by molar-refractivity contribution is 0.627. The van der Waals surface area contributed by atoms with Gasteiger partial charge in [0.1, 0.15) is 5.82 Å². The van der Waals surface area contributed by atoms with Crippen molar-refractivity contribution in [3.8, 4) is 16.9 Å². The molecule has 0 atom stereocenters. The van der Waals surface area contributed by atoms with Gasteiger partial charge in [0, 0.05) is 17.0 Å². The summed E-state index contributed by atoms with van der Waals surface area (Å²) in [5.74, 6) is -0.291. The summed E-state index contributed by atoms with van der Waals surface area (Å²) in [6.07, 6.45) is 1.89. The Balaban J connectivity index is 2.11. The van der Waals surface area contributed by atoms with Crippen molar-refractivity contribution in [2.75, 3.05) is 6.26 Å². The van der Waals surface area contributed by atoms with Crippen LogP contribution in [0.5, 0.6) is 0 Å². The molecule has 27 heavy (non-hydrogen) atoms. The maximum Gasteiger partial charge on any atom is 0.256 e. The summed E-state index contributed by atoms with van der Waals surface area (Å²) in [6.45, 7) is 1.85. The van der Waals surface area contributed by atoms with E-state index in [9.17, 15) is 9.18 Å². The first-order valence-corrected chi connectivity index (χ1v) is 9.60. The van der Waals surface area contributed by atoms with Crippen LogP contribution in [0.25, 0.3) is 28.0 Å². The molecule has 4 rings (SSSR count). The smallest absolute Gasteiger partial charge is 0.256 e. The first-order valence-electron chi connectivity index (χ1n) is 8.38. The average molecular weight is 377 g/mol. The molecule has 0 aliphatic rings. The molecule has 4 aromatic rings. The van der Waals surface area contributed by atoms with Crippen molar-refractivity contribution < 1.29 is 4.39 Å². The maximum atomic E-state index is 13.6. The predicted octanol–water partition coefficient (Wildman–Crippen LogP) is 4.62. The summed E-state index contributed by atoms with van der Waals surface area (Å²) in [7, 11) is 0. The van der Waals surface area contributed by atoms with Crippen LogP contribution < -0.4 is 5.56 Å². The van der Waals surface area contributed by atoms with E-state index in [-0.39, 0.29) is 11.4 Å². The van der Waals surface area contributed by atoms with Crippen LogP contribution in [0.4, 0.5) is 4.39 Å². The van der Waals surface area contributed by atoms with Gasteiger partial charge in [0.25, 0.3) is 5.56 Å². The van der Waals surface area contributed by atoms with E-state index in [1.807, 2.05) is 43.5 Å². The first kappa shape index (κ1) is 17.4. The number of pyridine rings is 1. The van der Waals surface area contributed by atoms with E-state index in [0.29, 0.717) is 16.5 Å². The Morgan fingerprint density at radius 2 is 1.78 bits per heavy atom. The van der Waals surface area contributed by atoms with Crippen LogP contribution in [0.3, 0.4) is 0 Å². The van der Waals surface area contributed by atoms with Crippen molar-refractivity contribution in [2.24, 2.45) is 0 Å². The van der Waals surface area contributed by atoms with Crippen molar-refractivity contribution in [1.82, 2.24) is 14.5 Å². The number of halogens is 1. The monoisotopic (exact) mass is 377 g/mol. The van der Waals surface area contributed by atoms with Crippen LogP contribution in [-0.2, 0) is 0 Å². The molecule has 0 N–H and O–H groups in total. The highest BCUT2D eigenvalue weighted by atomic mass is 32.2. The lowest BCUT2D eigenvalue weighted by Crippen LogP contribution is -2.19. The molecule has 0 radical (unpaired) electrons. The number of fused-ring (bicyclic) bond motifs is 1. The zero-order valence-electron chi connectivity index (χ0n) is 14.8. The fourth-order valence-corrected chi connectivity index (χ4v) is 3.47. The first-order chi connectivity index (χ1) is 13.1. The van der Waals surface area contributed by atoms with Crippen molar-refractivity contribution in [2.45, 2.75) is 12.1 Å². The van der Waals surface area contributed by atoms with Crippen molar-refractivity contribution in [3.05, 3.63) is 82.4 Å². The van der Waals surface area contributed by atoms with Gasteiger partial charge < -0.3 is 0 Å². The molecule has 2 aromatic carbocycles. The van der Waals surface area contributed by atoms with Gasteiger partial charge in [-0.2, -0.15) is 0 Å². The van der Waals surface area contributed by atoms with E-state index in [1.165, 1.54) is 30.0 Å². The van der Waals surface area contributed by atoms with Gasteiger partial charge in [0.15, 0.2) is 10.8 Å². The zero-order valence-corrected chi connectivity index (χ0v) is 15.6. The molecule has 0 unspecified atom stereocenters. The second kappa shape index (κ2) is 6.96. The molecule has 2 aromatic heterocycles. The van der Waals surface area contributed by atoms with Crippen molar-refractivity contribution in [3.63, 3.8) is 0 Å². The molecular weight excluding hydrogens is 361 g/mol. The molecule has 4 nitrogen and oxygen atoms in total. The van der Waals surface area contributed by atoms with Crippen molar-refractivity contribution in [1.29, 1.82) is 0 Å². The third-order valence-corrected chi connectivity index (χ3v) is 4.92. The van der Waals surface area contributed by atoms with Crippen molar-refractivity contribution >= 4 is 22.8 Å². The number of para-hydroxylation sites is 1. The highest BCUT2D eigenvalue weighted by Gasteiger charge is 2.16. The predicted molar refractivity (Wildman–Crippen MR) is 107 cm³/mol. The number of benzene rings is 2. The lowest BCUT2D eigenvalue weighted by Gasteiger charge is -2.14. The average Bonchev–Trinajstić information content (AvgIpc) is 2.67. The Bertz CT molecular complexity index is 1210. The Hall–Kier alpha value is -2.99. The van der Waals surface area contributed by atoms with Crippen LogP contribution in [0.2, 0.25) is 0 Å². The van der Waals surface area contributed by atoms with E-state index in [2.05, 4.69) is 9.97 Å². The molecule has 0 bridgehead atoms. The molecule has 0 aliphatic heterocycles. The quantitative estimate of drug-likeness (QED) is 0.386. The van der Waals surface area contributed by atoms with Gasteiger partial charge in [-0.05, 0) is 55.1 Å². The minimum absolute atomic E-state index is 0.166. The van der Waals surface area contributed by atoms with Crippen LogP contribution in [0, 0.1) is 12.7 Å². The number of hydrogen-bond donors (Lipinski definition) is 0. The molecule has 134 valence electrons. The van der Waals surface area contributed by atoms with Gasteiger partial charge in [-0.15, -0.1) is 0 Å². The zero-order chi connectivity index (χ0) is 19.0. The third kappa shape index (κ3) is 3.13. The summed E-state index contributed by atoms with van der Waals surface area (Å²) in [4.78, 5) is 21.9. The van der Waals surface area contributed by atoms with Gasteiger partial charge in [-0.1, -0.05) is 30.0 Å². The summed E-state index contributed by atoms with van der Waals surface area (Å²) in [5, 5.41) is 1.29. The largest absolute Gasteiger partial charge is 0.269 e. The molecule has 0 amide bonds. The molecule has 0 spiro atoms. The number of aromatic nitrogens is 3. The maximum absolute atomic E-state index is 13.6. The summed E-state index contributed by atoms with van der Waals surface area (Å²) in [6, 6.07) is 17.3. The van der Waals surface area contributed by atoms with E-state index in [1.54, 1.807) is 16.7 Å². The summed E-state index contributed by atoms with van der Waals surface area (Å²) in [5.41, 5.74) is 3.39. The molecule has 2 heterocycles. The van der Waals surface area contributed by atoms with Gasteiger partial charge >= 0.3 is 0 Å². The molecule has 0 fully saturated rings. The number of thioether (sulfide) groups is 1. The van der Waals surface area contributed by atoms with Gasteiger partial charge in [0.2, 0.25) is 0 Å². The molecular formula is C21H16FN3OS. The highest BCUT2D eigenvalue weighted by molar-refractivity contribution is 7.98. The fourth-order valence-electron chi connectivity index (χ4n) is 3.11. The Labute approximate surface area is 159 Å². The van der Waals surface area contributed by atoms with E-state index in [4.69, 9.17) is 0 Å². The SMILES string of the molecule is CSc1nc(-c2ccc(F)cc2C)c2ccc(=O)n(-c3ccccc3)c2n1. The van der Waals surface area contributed by atoms with Gasteiger partial charge in [0.05, 0.1) is 11.4 Å². The second-order valence-corrected chi connectivity index (χ2v) is 6.87. The van der Waals surface area contributed by atoms with E-state index >= 15 is 0 Å².